The van der Waals surface area contributed by atoms with Gasteiger partial charge in [-0.15, -0.1) is 0 Å². The Hall–Kier alpha value is -3.18. The van der Waals surface area contributed by atoms with Crippen molar-refractivity contribution >= 4 is 18.7 Å². The van der Waals surface area contributed by atoms with Crippen LogP contribution < -0.4 is 10.4 Å². The van der Waals surface area contributed by atoms with Crippen molar-refractivity contribution in [2.75, 3.05) is 13.2 Å². The first-order valence-corrected chi connectivity index (χ1v) is 19.1. The van der Waals surface area contributed by atoms with Crippen molar-refractivity contribution in [1.29, 1.82) is 0 Å². The van der Waals surface area contributed by atoms with Crippen LogP contribution in [0.2, 0.25) is 5.04 Å². The largest absolute Gasteiger partial charge is 0.404 e. The molecule has 2 aliphatic rings. The lowest BCUT2D eigenvalue weighted by molar-refractivity contribution is -0.274. The molecule has 0 radical (unpaired) electrons. The van der Waals surface area contributed by atoms with Gasteiger partial charge in [-0.05, 0) is 47.3 Å². The van der Waals surface area contributed by atoms with E-state index >= 15 is 0 Å². The Balaban J connectivity index is 1.47. The first-order chi connectivity index (χ1) is 23.4. The summed E-state index contributed by atoms with van der Waals surface area (Å²) >= 11 is 0. The van der Waals surface area contributed by atoms with Gasteiger partial charge >= 0.3 is 0 Å². The van der Waals surface area contributed by atoms with E-state index in [2.05, 4.69) is 69.3 Å². The van der Waals surface area contributed by atoms with E-state index in [0.717, 1.165) is 21.5 Å². The minimum absolute atomic E-state index is 0.0607. The third-order valence-corrected chi connectivity index (χ3v) is 14.7. The van der Waals surface area contributed by atoms with Gasteiger partial charge < -0.3 is 33.2 Å². The smallest absolute Gasteiger partial charge is 0.261 e. The van der Waals surface area contributed by atoms with Gasteiger partial charge in [0.1, 0.15) is 18.3 Å². The summed E-state index contributed by atoms with van der Waals surface area (Å²) in [6.07, 6.45) is -2.32. The topological polar surface area (TPSA) is 75.6 Å². The summed E-state index contributed by atoms with van der Waals surface area (Å²) in [6.45, 7) is 13.0. The summed E-state index contributed by atoms with van der Waals surface area (Å²) in [6, 6.07) is 40.9. The molecule has 1 N–H and O–H groups in total. The standard InChI is InChI=1S/C41H50O7Si/c1-38(2,3)49(33-23-15-9-16-24-33,34-25-17-10-18-26-34)46-30-41(35-29-45-39(4,5)47-35)37(44-28-32-21-13-8-14-22-32)36(40(6,42)48-41)43-27-31-19-11-7-12-20-31/h7-26,35-37,42H,27-30H2,1-6H3/t35-,36-,37-,40?,41+/m1/s1. The van der Waals surface area contributed by atoms with Crippen molar-refractivity contribution in [1.82, 2.24) is 0 Å². The maximum absolute atomic E-state index is 12.2. The highest BCUT2D eigenvalue weighted by Crippen LogP contribution is 2.48. The fraction of sp³-hybridized carbons (Fsp3) is 0.415. The van der Waals surface area contributed by atoms with E-state index in [1.807, 2.05) is 86.6 Å². The van der Waals surface area contributed by atoms with Crippen LogP contribution in [0.15, 0.2) is 121 Å². The third-order valence-electron chi connectivity index (χ3n) is 9.71. The Labute approximate surface area is 292 Å². The molecule has 0 aromatic heterocycles. The zero-order valence-corrected chi connectivity index (χ0v) is 30.5. The number of aliphatic hydroxyl groups is 1. The van der Waals surface area contributed by atoms with E-state index in [4.69, 9.17) is 28.1 Å². The predicted octanol–water partition coefficient (Wildman–Crippen LogP) is 6.36. The molecule has 49 heavy (non-hydrogen) atoms. The van der Waals surface area contributed by atoms with Crippen LogP contribution in [0.3, 0.4) is 0 Å². The normalized spacial score (nSPS) is 27.0. The molecule has 2 heterocycles. The Morgan fingerprint density at radius 2 is 1.14 bits per heavy atom. The van der Waals surface area contributed by atoms with Gasteiger partial charge in [0.15, 0.2) is 17.2 Å². The summed E-state index contributed by atoms with van der Waals surface area (Å²) in [5.74, 6) is -2.63. The van der Waals surface area contributed by atoms with Gasteiger partial charge in [-0.25, -0.2) is 0 Å². The fourth-order valence-electron chi connectivity index (χ4n) is 7.39. The van der Waals surface area contributed by atoms with Crippen LogP contribution in [0.25, 0.3) is 0 Å². The maximum atomic E-state index is 12.2. The van der Waals surface area contributed by atoms with Gasteiger partial charge in [0.2, 0.25) is 0 Å². The minimum Gasteiger partial charge on any atom is -0.404 e. The second-order valence-electron chi connectivity index (χ2n) is 14.8. The molecule has 0 bridgehead atoms. The van der Waals surface area contributed by atoms with E-state index in [0.29, 0.717) is 0 Å². The molecule has 7 nitrogen and oxygen atoms in total. The summed E-state index contributed by atoms with van der Waals surface area (Å²) in [4.78, 5) is 0. The summed E-state index contributed by atoms with van der Waals surface area (Å²) in [7, 11) is -3.06. The average molecular weight is 683 g/mol. The lowest BCUT2D eigenvalue weighted by atomic mass is 9.88. The van der Waals surface area contributed by atoms with Crippen molar-refractivity contribution in [2.45, 2.75) is 95.3 Å². The van der Waals surface area contributed by atoms with Gasteiger partial charge in [0.05, 0.1) is 26.4 Å². The quantitative estimate of drug-likeness (QED) is 0.174. The highest BCUT2D eigenvalue weighted by atomic mass is 28.4. The summed E-state index contributed by atoms with van der Waals surface area (Å²) < 4.78 is 40.7. The first kappa shape index (κ1) is 35.6. The fourth-order valence-corrected chi connectivity index (χ4v) is 12.0. The second-order valence-corrected chi connectivity index (χ2v) is 19.1. The number of rotatable bonds is 12. The van der Waals surface area contributed by atoms with Crippen LogP contribution in [0.5, 0.6) is 0 Å². The molecule has 2 saturated heterocycles. The molecule has 260 valence electrons. The van der Waals surface area contributed by atoms with Gasteiger partial charge in [-0.1, -0.05) is 142 Å². The molecule has 0 aliphatic carbocycles. The second kappa shape index (κ2) is 14.2. The Morgan fingerprint density at radius 1 is 0.694 bits per heavy atom. The molecule has 0 spiro atoms. The van der Waals surface area contributed by atoms with E-state index in [1.165, 1.54) is 0 Å². The van der Waals surface area contributed by atoms with E-state index in [1.54, 1.807) is 6.92 Å². The van der Waals surface area contributed by atoms with Crippen LogP contribution in [-0.2, 0) is 41.3 Å². The number of ether oxygens (including phenoxy) is 5. The maximum Gasteiger partial charge on any atom is 0.261 e. The zero-order valence-electron chi connectivity index (χ0n) is 29.5. The molecule has 6 rings (SSSR count). The number of benzene rings is 4. The molecule has 2 aliphatic heterocycles. The van der Waals surface area contributed by atoms with Crippen molar-refractivity contribution in [3.8, 4) is 0 Å². The molecule has 4 aromatic carbocycles. The predicted molar refractivity (Wildman–Crippen MR) is 193 cm³/mol. The summed E-state index contributed by atoms with van der Waals surface area (Å²) in [5, 5.41) is 14.2. The SMILES string of the molecule is CC1(C)OC[C@H]([C@]2(CO[Si](c3ccccc3)(c3ccccc3)C(C)(C)C)OC(C)(O)[C@H](OCc3ccccc3)[C@H]2OCc2ccccc2)O1. The lowest BCUT2D eigenvalue weighted by Gasteiger charge is -2.47. The molecule has 0 amide bonds. The van der Waals surface area contributed by atoms with Crippen molar-refractivity contribution in [3.63, 3.8) is 0 Å². The van der Waals surface area contributed by atoms with Crippen LogP contribution in [0.1, 0.15) is 52.7 Å². The molecule has 2 fully saturated rings. The highest BCUT2D eigenvalue weighted by Gasteiger charge is 2.68. The third kappa shape index (κ3) is 7.34. The molecular weight excluding hydrogens is 633 g/mol. The van der Waals surface area contributed by atoms with Gasteiger partial charge in [0, 0.05) is 0 Å². The van der Waals surface area contributed by atoms with Gasteiger partial charge in [0.25, 0.3) is 8.32 Å². The van der Waals surface area contributed by atoms with Gasteiger partial charge in [-0.2, -0.15) is 0 Å². The molecular formula is C41H50O7Si. The average Bonchev–Trinajstić information content (AvgIpc) is 3.57. The first-order valence-electron chi connectivity index (χ1n) is 17.2. The molecule has 4 aromatic rings. The van der Waals surface area contributed by atoms with Crippen molar-refractivity contribution in [3.05, 3.63) is 132 Å². The van der Waals surface area contributed by atoms with E-state index in [-0.39, 0.29) is 31.5 Å². The van der Waals surface area contributed by atoms with Crippen LogP contribution >= 0.6 is 0 Å². The van der Waals surface area contributed by atoms with Crippen LogP contribution in [0, 0.1) is 0 Å². The Bertz CT molecular complexity index is 1590. The van der Waals surface area contributed by atoms with E-state index in [9.17, 15) is 5.11 Å². The van der Waals surface area contributed by atoms with Gasteiger partial charge in [-0.3, -0.25) is 0 Å². The molecule has 5 atom stereocenters. The minimum atomic E-state index is -3.06. The molecule has 0 saturated carbocycles. The summed E-state index contributed by atoms with van der Waals surface area (Å²) in [5.41, 5.74) is 0.643. The highest BCUT2D eigenvalue weighted by molar-refractivity contribution is 6.99. The van der Waals surface area contributed by atoms with Crippen LogP contribution in [0.4, 0.5) is 0 Å². The van der Waals surface area contributed by atoms with E-state index < -0.39 is 43.8 Å². The van der Waals surface area contributed by atoms with Crippen LogP contribution in [-0.4, -0.2) is 62.1 Å². The Kier molecular flexibility index (Phi) is 10.3. The lowest BCUT2D eigenvalue weighted by Crippen LogP contribution is -2.69. The van der Waals surface area contributed by atoms with Crippen molar-refractivity contribution < 1.29 is 33.2 Å². The monoisotopic (exact) mass is 682 g/mol. The number of hydrogen-bond acceptors (Lipinski definition) is 7. The van der Waals surface area contributed by atoms with Crippen molar-refractivity contribution in [2.24, 2.45) is 0 Å². The zero-order chi connectivity index (χ0) is 34.8. The molecule has 8 heteroatoms. The molecule has 1 unspecified atom stereocenters. The Morgan fingerprint density at radius 3 is 1.57 bits per heavy atom. The number of hydrogen-bond donors (Lipinski definition) is 1.